The normalized spacial score (nSPS) is 16.9. The lowest BCUT2D eigenvalue weighted by Crippen LogP contribution is -2.41. The third kappa shape index (κ3) is 4.26. The number of anilines is 2. The first-order chi connectivity index (χ1) is 12.6. The van der Waals surface area contributed by atoms with Gasteiger partial charge in [0.05, 0.1) is 26.9 Å². The van der Waals surface area contributed by atoms with Crippen LogP contribution < -0.4 is 19.7 Å². The Labute approximate surface area is 153 Å². The van der Waals surface area contributed by atoms with Gasteiger partial charge >= 0.3 is 0 Å². The van der Waals surface area contributed by atoms with Crippen molar-refractivity contribution in [3.63, 3.8) is 0 Å². The topological polar surface area (TPSA) is 60.0 Å². The van der Waals surface area contributed by atoms with Crippen LogP contribution in [0, 0.1) is 0 Å². The summed E-state index contributed by atoms with van der Waals surface area (Å²) in [4.78, 5) is 14.8. The summed E-state index contributed by atoms with van der Waals surface area (Å²) in [6.07, 6.45) is 0.228. The van der Waals surface area contributed by atoms with Crippen LogP contribution in [0.5, 0.6) is 11.5 Å². The zero-order valence-electron chi connectivity index (χ0n) is 15.3. The summed E-state index contributed by atoms with van der Waals surface area (Å²) < 4.78 is 16.0. The van der Waals surface area contributed by atoms with E-state index in [0.29, 0.717) is 17.1 Å². The van der Waals surface area contributed by atoms with Crippen molar-refractivity contribution in [2.45, 2.75) is 13.0 Å². The maximum atomic E-state index is 12.5. The van der Waals surface area contributed by atoms with Crippen molar-refractivity contribution < 1.29 is 19.0 Å². The van der Waals surface area contributed by atoms with Gasteiger partial charge in [0.1, 0.15) is 11.5 Å². The Balaban J connectivity index is 1.70. The number of methoxy groups -OCH3 is 2. The molecule has 0 aromatic heterocycles. The van der Waals surface area contributed by atoms with Crippen LogP contribution in [0.2, 0.25) is 0 Å². The zero-order valence-corrected chi connectivity index (χ0v) is 15.3. The van der Waals surface area contributed by atoms with Gasteiger partial charge in [0.15, 0.2) is 0 Å². The molecular weight excluding hydrogens is 332 g/mol. The van der Waals surface area contributed by atoms with E-state index < -0.39 is 0 Å². The first kappa shape index (κ1) is 18.1. The van der Waals surface area contributed by atoms with Crippen molar-refractivity contribution in [3.05, 3.63) is 48.0 Å². The minimum Gasteiger partial charge on any atom is -0.497 e. The number of hydrogen-bond acceptors (Lipinski definition) is 5. The highest BCUT2D eigenvalue weighted by molar-refractivity contribution is 6.04. The zero-order chi connectivity index (χ0) is 18.5. The van der Waals surface area contributed by atoms with Gasteiger partial charge in [-0.3, -0.25) is 4.79 Å². The molecule has 0 saturated carbocycles. The molecule has 1 N–H and O–H groups in total. The lowest BCUT2D eigenvalue weighted by molar-refractivity contribution is 0.0532. The van der Waals surface area contributed by atoms with Crippen molar-refractivity contribution in [3.8, 4) is 11.5 Å². The molecular formula is C20H24N2O4. The van der Waals surface area contributed by atoms with E-state index >= 15 is 0 Å². The van der Waals surface area contributed by atoms with Gasteiger partial charge in [0.25, 0.3) is 5.91 Å². The fourth-order valence-electron chi connectivity index (χ4n) is 2.95. The molecule has 1 atom stereocenters. The number of nitrogens with one attached hydrogen (secondary N) is 1. The Morgan fingerprint density at radius 3 is 2.35 bits per heavy atom. The molecule has 1 aliphatic rings. The quantitative estimate of drug-likeness (QED) is 0.892. The summed E-state index contributed by atoms with van der Waals surface area (Å²) in [7, 11) is 3.11. The lowest BCUT2D eigenvalue weighted by atomic mass is 10.1. The minimum atomic E-state index is -0.213. The van der Waals surface area contributed by atoms with Gasteiger partial charge in [-0.25, -0.2) is 0 Å². The van der Waals surface area contributed by atoms with Crippen molar-refractivity contribution in [1.29, 1.82) is 0 Å². The van der Waals surface area contributed by atoms with Gasteiger partial charge < -0.3 is 24.4 Å². The molecule has 138 valence electrons. The average Bonchev–Trinajstić information content (AvgIpc) is 2.68. The van der Waals surface area contributed by atoms with Crippen LogP contribution in [-0.2, 0) is 4.74 Å². The van der Waals surface area contributed by atoms with Crippen LogP contribution in [0.25, 0.3) is 0 Å². The number of morpholine rings is 1. The predicted octanol–water partition coefficient (Wildman–Crippen LogP) is 3.18. The first-order valence-electron chi connectivity index (χ1n) is 8.60. The minimum absolute atomic E-state index is 0.213. The Bertz CT molecular complexity index is 739. The van der Waals surface area contributed by atoms with E-state index in [2.05, 4.69) is 17.1 Å². The number of amides is 1. The molecule has 1 aliphatic heterocycles. The maximum Gasteiger partial charge on any atom is 0.255 e. The van der Waals surface area contributed by atoms with Gasteiger partial charge in [0, 0.05) is 36.1 Å². The molecule has 2 aromatic carbocycles. The summed E-state index contributed by atoms with van der Waals surface area (Å²) in [5.41, 5.74) is 2.34. The smallest absolute Gasteiger partial charge is 0.255 e. The second-order valence-electron chi connectivity index (χ2n) is 6.23. The molecule has 0 spiro atoms. The summed E-state index contributed by atoms with van der Waals surface area (Å²) in [6.45, 7) is 4.55. The lowest BCUT2D eigenvalue weighted by Gasteiger charge is -2.33. The number of benzene rings is 2. The summed E-state index contributed by atoms with van der Waals surface area (Å²) in [5, 5.41) is 2.91. The van der Waals surface area contributed by atoms with E-state index in [0.717, 1.165) is 31.1 Å². The summed E-state index contributed by atoms with van der Waals surface area (Å²) in [5.74, 6) is 0.938. The predicted molar refractivity (Wildman–Crippen MR) is 102 cm³/mol. The largest absolute Gasteiger partial charge is 0.497 e. The Kier molecular flexibility index (Phi) is 5.63. The summed E-state index contributed by atoms with van der Waals surface area (Å²) in [6, 6.07) is 12.9. The highest BCUT2D eigenvalue weighted by Crippen LogP contribution is 2.24. The molecule has 0 aliphatic carbocycles. The average molecular weight is 356 g/mol. The molecule has 6 nitrogen and oxygen atoms in total. The second kappa shape index (κ2) is 8.10. The SMILES string of the molecule is COc1cc(OC)cc(C(=O)Nc2ccc(N3CCOC(C)C3)cc2)c1. The molecule has 1 fully saturated rings. The van der Waals surface area contributed by atoms with E-state index in [1.54, 1.807) is 32.4 Å². The highest BCUT2D eigenvalue weighted by Gasteiger charge is 2.17. The standard InChI is InChI=1S/C20H24N2O4/c1-14-13-22(8-9-26-14)17-6-4-16(5-7-17)21-20(23)15-10-18(24-2)12-19(11-15)25-3/h4-7,10-12,14H,8-9,13H2,1-3H3,(H,21,23). The van der Waals surface area contributed by atoms with Crippen molar-refractivity contribution in [1.82, 2.24) is 0 Å². The molecule has 1 saturated heterocycles. The Morgan fingerprint density at radius 1 is 1.12 bits per heavy atom. The van der Waals surface area contributed by atoms with Crippen LogP contribution in [0.15, 0.2) is 42.5 Å². The van der Waals surface area contributed by atoms with Gasteiger partial charge in [-0.2, -0.15) is 0 Å². The maximum absolute atomic E-state index is 12.5. The summed E-state index contributed by atoms with van der Waals surface area (Å²) >= 11 is 0. The van der Waals surface area contributed by atoms with Crippen molar-refractivity contribution in [2.24, 2.45) is 0 Å². The van der Waals surface area contributed by atoms with E-state index in [9.17, 15) is 4.79 Å². The molecule has 3 rings (SSSR count). The van der Waals surface area contributed by atoms with E-state index in [1.165, 1.54) is 0 Å². The number of rotatable bonds is 5. The van der Waals surface area contributed by atoms with Gasteiger partial charge in [-0.1, -0.05) is 0 Å². The third-order valence-corrected chi connectivity index (χ3v) is 4.35. The third-order valence-electron chi connectivity index (χ3n) is 4.35. The second-order valence-corrected chi connectivity index (χ2v) is 6.23. The first-order valence-corrected chi connectivity index (χ1v) is 8.60. The van der Waals surface area contributed by atoms with Gasteiger partial charge in [-0.05, 0) is 43.3 Å². The Hall–Kier alpha value is -2.73. The number of nitrogens with zero attached hydrogens (tertiary/aromatic N) is 1. The fourth-order valence-corrected chi connectivity index (χ4v) is 2.95. The van der Waals surface area contributed by atoms with E-state index in [-0.39, 0.29) is 12.0 Å². The van der Waals surface area contributed by atoms with Crippen LogP contribution in [0.1, 0.15) is 17.3 Å². The molecule has 1 amide bonds. The molecule has 6 heteroatoms. The van der Waals surface area contributed by atoms with E-state index in [1.807, 2.05) is 24.3 Å². The van der Waals surface area contributed by atoms with Crippen LogP contribution in [0.4, 0.5) is 11.4 Å². The molecule has 26 heavy (non-hydrogen) atoms. The van der Waals surface area contributed by atoms with Crippen LogP contribution in [0.3, 0.4) is 0 Å². The number of hydrogen-bond donors (Lipinski definition) is 1. The van der Waals surface area contributed by atoms with Gasteiger partial charge in [0.2, 0.25) is 0 Å². The highest BCUT2D eigenvalue weighted by atomic mass is 16.5. The van der Waals surface area contributed by atoms with E-state index in [4.69, 9.17) is 14.2 Å². The van der Waals surface area contributed by atoms with Crippen molar-refractivity contribution >= 4 is 17.3 Å². The molecule has 2 aromatic rings. The van der Waals surface area contributed by atoms with Crippen molar-refractivity contribution in [2.75, 3.05) is 44.1 Å². The fraction of sp³-hybridized carbons (Fsp3) is 0.350. The number of carbonyl (C=O) groups is 1. The molecule has 0 bridgehead atoms. The molecule has 1 unspecified atom stereocenters. The van der Waals surface area contributed by atoms with Crippen LogP contribution >= 0.6 is 0 Å². The monoisotopic (exact) mass is 356 g/mol. The number of carbonyl (C=O) groups excluding carboxylic acids is 1. The molecule has 0 radical (unpaired) electrons. The number of ether oxygens (including phenoxy) is 3. The Morgan fingerprint density at radius 2 is 1.77 bits per heavy atom. The molecule has 1 heterocycles. The van der Waals surface area contributed by atoms with Crippen LogP contribution in [-0.4, -0.2) is 45.9 Å². The van der Waals surface area contributed by atoms with Gasteiger partial charge in [-0.15, -0.1) is 0 Å².